The number of nitrogens with zero attached hydrogens (tertiary/aromatic N) is 2. The van der Waals surface area contributed by atoms with Gasteiger partial charge in [-0.15, -0.1) is 0 Å². The van der Waals surface area contributed by atoms with Crippen molar-refractivity contribution in [2.24, 2.45) is 0 Å². The molecule has 1 aromatic rings. The van der Waals surface area contributed by atoms with E-state index in [1.54, 1.807) is 11.8 Å². The molecule has 0 amide bonds. The lowest BCUT2D eigenvalue weighted by atomic mass is 10.1. The SMILES string of the molecule is CSc1ncc2c(n1)NCC(C)=C2. The molecule has 68 valence electrons. The maximum absolute atomic E-state index is 4.36. The van der Waals surface area contributed by atoms with Crippen molar-refractivity contribution >= 4 is 23.7 Å². The summed E-state index contributed by atoms with van der Waals surface area (Å²) in [6.07, 6.45) is 5.96. The first-order valence-corrected chi connectivity index (χ1v) is 5.34. The molecule has 1 aliphatic rings. The zero-order valence-corrected chi connectivity index (χ0v) is 8.48. The fraction of sp³-hybridized carbons (Fsp3) is 0.333. The molecule has 0 spiro atoms. The van der Waals surface area contributed by atoms with Crippen molar-refractivity contribution in [3.8, 4) is 0 Å². The lowest BCUT2D eigenvalue weighted by Crippen LogP contribution is -2.11. The van der Waals surface area contributed by atoms with E-state index in [-0.39, 0.29) is 0 Å². The largest absolute Gasteiger partial charge is 0.366 e. The Labute approximate surface area is 81.7 Å². The van der Waals surface area contributed by atoms with Crippen LogP contribution in [0.1, 0.15) is 12.5 Å². The van der Waals surface area contributed by atoms with Crippen LogP contribution < -0.4 is 5.32 Å². The molecule has 2 rings (SSSR count). The molecule has 0 fully saturated rings. The van der Waals surface area contributed by atoms with E-state index in [0.29, 0.717) is 0 Å². The number of hydrogen-bond donors (Lipinski definition) is 1. The average molecular weight is 193 g/mol. The molecule has 13 heavy (non-hydrogen) atoms. The standard InChI is InChI=1S/C9H11N3S/c1-6-3-7-5-11-9(13-2)12-8(7)10-4-6/h3,5H,4H2,1-2H3,(H,10,11,12). The fourth-order valence-electron chi connectivity index (χ4n) is 1.26. The third-order valence-electron chi connectivity index (χ3n) is 1.91. The van der Waals surface area contributed by atoms with E-state index in [2.05, 4.69) is 28.3 Å². The van der Waals surface area contributed by atoms with Gasteiger partial charge in [-0.2, -0.15) is 0 Å². The highest BCUT2D eigenvalue weighted by molar-refractivity contribution is 7.98. The van der Waals surface area contributed by atoms with Gasteiger partial charge in [0.2, 0.25) is 0 Å². The summed E-state index contributed by atoms with van der Waals surface area (Å²) in [6.45, 7) is 2.98. The normalized spacial score (nSPS) is 14.5. The minimum atomic E-state index is 0.819. The second-order valence-corrected chi connectivity index (χ2v) is 3.78. The molecule has 0 atom stereocenters. The van der Waals surface area contributed by atoms with Gasteiger partial charge in [0.15, 0.2) is 5.16 Å². The number of thioether (sulfide) groups is 1. The van der Waals surface area contributed by atoms with Crippen molar-refractivity contribution in [3.05, 3.63) is 17.3 Å². The van der Waals surface area contributed by atoms with E-state index in [4.69, 9.17) is 0 Å². The number of hydrogen-bond acceptors (Lipinski definition) is 4. The molecular formula is C9H11N3S. The number of rotatable bonds is 1. The number of anilines is 1. The van der Waals surface area contributed by atoms with Gasteiger partial charge < -0.3 is 5.32 Å². The second-order valence-electron chi connectivity index (χ2n) is 3.00. The Morgan fingerprint density at radius 3 is 3.15 bits per heavy atom. The van der Waals surface area contributed by atoms with Crippen LogP contribution in [0.3, 0.4) is 0 Å². The zero-order chi connectivity index (χ0) is 9.26. The van der Waals surface area contributed by atoms with E-state index in [1.807, 2.05) is 12.5 Å². The van der Waals surface area contributed by atoms with E-state index >= 15 is 0 Å². The summed E-state index contributed by atoms with van der Waals surface area (Å²) in [5, 5.41) is 4.07. The van der Waals surface area contributed by atoms with Gasteiger partial charge in [-0.1, -0.05) is 17.3 Å². The maximum atomic E-state index is 4.36. The van der Waals surface area contributed by atoms with E-state index < -0.39 is 0 Å². The van der Waals surface area contributed by atoms with Crippen LogP contribution in [0.15, 0.2) is 16.9 Å². The molecule has 0 saturated heterocycles. The number of nitrogens with one attached hydrogen (secondary N) is 1. The Morgan fingerprint density at radius 1 is 1.54 bits per heavy atom. The first-order chi connectivity index (χ1) is 6.29. The summed E-state index contributed by atoms with van der Waals surface area (Å²) in [4.78, 5) is 8.57. The first-order valence-electron chi connectivity index (χ1n) is 4.11. The molecular weight excluding hydrogens is 182 g/mol. The van der Waals surface area contributed by atoms with Crippen LogP contribution >= 0.6 is 11.8 Å². The molecule has 3 nitrogen and oxygen atoms in total. The highest BCUT2D eigenvalue weighted by atomic mass is 32.2. The minimum Gasteiger partial charge on any atom is -0.366 e. The Bertz CT molecular complexity index is 360. The lowest BCUT2D eigenvalue weighted by molar-refractivity contribution is 0.952. The summed E-state index contributed by atoms with van der Waals surface area (Å²) in [5.41, 5.74) is 2.40. The highest BCUT2D eigenvalue weighted by Crippen LogP contribution is 2.22. The smallest absolute Gasteiger partial charge is 0.189 e. The van der Waals surface area contributed by atoms with Gasteiger partial charge in [0.1, 0.15) is 5.82 Å². The maximum Gasteiger partial charge on any atom is 0.189 e. The predicted molar refractivity (Wildman–Crippen MR) is 56.0 cm³/mol. The van der Waals surface area contributed by atoms with Gasteiger partial charge in [-0.25, -0.2) is 9.97 Å². The third kappa shape index (κ3) is 1.67. The van der Waals surface area contributed by atoms with Crippen LogP contribution in [0, 0.1) is 0 Å². The van der Waals surface area contributed by atoms with E-state index in [9.17, 15) is 0 Å². The van der Waals surface area contributed by atoms with Crippen molar-refractivity contribution in [2.75, 3.05) is 18.1 Å². The molecule has 2 heterocycles. The van der Waals surface area contributed by atoms with Crippen LogP contribution in [-0.4, -0.2) is 22.8 Å². The Balaban J connectivity index is 2.43. The predicted octanol–water partition coefficient (Wildman–Crippen LogP) is 2.03. The van der Waals surface area contributed by atoms with Crippen LogP contribution in [0.25, 0.3) is 6.08 Å². The summed E-state index contributed by atoms with van der Waals surface area (Å²) < 4.78 is 0. The monoisotopic (exact) mass is 193 g/mol. The van der Waals surface area contributed by atoms with Crippen molar-refractivity contribution in [1.82, 2.24) is 9.97 Å². The second kappa shape index (κ2) is 3.38. The van der Waals surface area contributed by atoms with Crippen LogP contribution in [-0.2, 0) is 0 Å². The van der Waals surface area contributed by atoms with Crippen molar-refractivity contribution in [3.63, 3.8) is 0 Å². The van der Waals surface area contributed by atoms with Crippen molar-refractivity contribution in [2.45, 2.75) is 12.1 Å². The van der Waals surface area contributed by atoms with Gasteiger partial charge in [0, 0.05) is 18.3 Å². The Kier molecular flexibility index (Phi) is 2.22. The minimum absolute atomic E-state index is 0.819. The summed E-state index contributed by atoms with van der Waals surface area (Å²) in [7, 11) is 0. The molecule has 1 aromatic heterocycles. The van der Waals surface area contributed by atoms with Crippen LogP contribution in [0.2, 0.25) is 0 Å². The quantitative estimate of drug-likeness (QED) is 0.547. The third-order valence-corrected chi connectivity index (χ3v) is 2.48. The highest BCUT2D eigenvalue weighted by Gasteiger charge is 2.09. The number of fused-ring (bicyclic) bond motifs is 1. The first kappa shape index (κ1) is 8.56. The Morgan fingerprint density at radius 2 is 2.38 bits per heavy atom. The molecule has 0 radical (unpaired) electrons. The number of aromatic nitrogens is 2. The summed E-state index contributed by atoms with van der Waals surface area (Å²) >= 11 is 1.56. The van der Waals surface area contributed by atoms with Gasteiger partial charge in [-0.05, 0) is 19.3 Å². The van der Waals surface area contributed by atoms with Crippen molar-refractivity contribution < 1.29 is 0 Å². The van der Waals surface area contributed by atoms with E-state index in [0.717, 1.165) is 23.1 Å². The van der Waals surface area contributed by atoms with Crippen LogP contribution in [0.4, 0.5) is 5.82 Å². The molecule has 0 unspecified atom stereocenters. The average Bonchev–Trinajstić information content (AvgIpc) is 2.17. The van der Waals surface area contributed by atoms with Gasteiger partial charge in [0.25, 0.3) is 0 Å². The molecule has 0 aliphatic carbocycles. The molecule has 1 aliphatic heterocycles. The molecule has 4 heteroatoms. The molecule has 1 N–H and O–H groups in total. The van der Waals surface area contributed by atoms with Crippen LogP contribution in [0.5, 0.6) is 0 Å². The molecule has 0 aromatic carbocycles. The fourth-order valence-corrected chi connectivity index (χ4v) is 1.60. The Hall–Kier alpha value is -1.03. The van der Waals surface area contributed by atoms with Gasteiger partial charge in [-0.3, -0.25) is 0 Å². The lowest BCUT2D eigenvalue weighted by Gasteiger charge is -2.14. The van der Waals surface area contributed by atoms with Gasteiger partial charge in [0.05, 0.1) is 0 Å². The van der Waals surface area contributed by atoms with E-state index in [1.165, 1.54) is 5.57 Å². The zero-order valence-electron chi connectivity index (χ0n) is 7.66. The van der Waals surface area contributed by atoms with Crippen molar-refractivity contribution in [1.29, 1.82) is 0 Å². The molecule has 0 bridgehead atoms. The summed E-state index contributed by atoms with van der Waals surface area (Å²) in [5.74, 6) is 0.949. The molecule has 0 saturated carbocycles. The van der Waals surface area contributed by atoms with Gasteiger partial charge >= 0.3 is 0 Å². The summed E-state index contributed by atoms with van der Waals surface area (Å²) in [6, 6.07) is 0. The topological polar surface area (TPSA) is 37.8 Å².